The largest absolute Gasteiger partial charge is 0.513 e. The van der Waals surface area contributed by atoms with E-state index in [1.54, 1.807) is 49.5 Å². The molecule has 0 fully saturated rings. The fraction of sp³-hybridized carbons (Fsp3) is 0.188. The second kappa shape index (κ2) is 7.79. The molecule has 2 amide bonds. The van der Waals surface area contributed by atoms with E-state index < -0.39 is 12.2 Å². The zero-order chi connectivity index (χ0) is 16.7. The van der Waals surface area contributed by atoms with E-state index in [0.717, 1.165) is 5.69 Å². The zero-order valence-corrected chi connectivity index (χ0v) is 12.8. The Morgan fingerprint density at radius 1 is 1.04 bits per heavy atom. The smallest absolute Gasteiger partial charge is 0.434 e. The molecule has 1 aromatic carbocycles. The predicted molar refractivity (Wildman–Crippen MR) is 85.7 cm³/mol. The highest BCUT2D eigenvalue weighted by atomic mass is 16.7. The first-order valence-electron chi connectivity index (χ1n) is 7.02. The molecule has 0 aliphatic carbocycles. The molecule has 0 spiro atoms. The van der Waals surface area contributed by atoms with Crippen LogP contribution in [0.3, 0.4) is 0 Å². The van der Waals surface area contributed by atoms with Crippen LogP contribution in [0.25, 0.3) is 0 Å². The molecule has 0 aliphatic heterocycles. The summed E-state index contributed by atoms with van der Waals surface area (Å²) in [4.78, 5) is 27.1. The Kier molecular flexibility index (Phi) is 5.51. The molecule has 0 saturated heterocycles. The van der Waals surface area contributed by atoms with Crippen LogP contribution in [0.2, 0.25) is 0 Å². The predicted octanol–water partition coefficient (Wildman–Crippen LogP) is 3.57. The second-order valence-electron chi connectivity index (χ2n) is 4.58. The number of hydrogen-bond acceptors (Lipinski definition) is 5. The minimum atomic E-state index is -0.766. The summed E-state index contributed by atoms with van der Waals surface area (Å²) >= 11 is 0. The normalized spacial score (nSPS) is 9.83. The average molecular weight is 315 g/mol. The number of ether oxygens (including phenoxy) is 2. The van der Waals surface area contributed by atoms with Crippen LogP contribution in [-0.4, -0.2) is 23.8 Å². The Balaban J connectivity index is 1.88. The molecule has 23 heavy (non-hydrogen) atoms. The summed E-state index contributed by atoms with van der Waals surface area (Å²) in [6.45, 7) is 3.80. The maximum Gasteiger partial charge on any atom is 0.513 e. The standard InChI is InChI=1S/C16H17N3O4/c1-3-22-16(21)23-14-8-6-12(7-9-14)18-15(20)19-13-5-4-11(2)17-10-13/h4-10H,3H2,1-2H3,(H2,18,19,20). The van der Waals surface area contributed by atoms with Gasteiger partial charge in [0.25, 0.3) is 0 Å². The van der Waals surface area contributed by atoms with Crippen molar-refractivity contribution in [3.05, 3.63) is 48.3 Å². The molecule has 0 aliphatic rings. The number of pyridine rings is 1. The third-order valence-electron chi connectivity index (χ3n) is 2.74. The van der Waals surface area contributed by atoms with Crippen LogP contribution in [0.5, 0.6) is 5.75 Å². The molecule has 0 saturated carbocycles. The molecule has 7 nitrogen and oxygen atoms in total. The molecular formula is C16H17N3O4. The van der Waals surface area contributed by atoms with Crippen molar-refractivity contribution in [3.8, 4) is 5.75 Å². The van der Waals surface area contributed by atoms with Gasteiger partial charge in [0, 0.05) is 11.4 Å². The first-order valence-corrected chi connectivity index (χ1v) is 7.02. The lowest BCUT2D eigenvalue weighted by molar-refractivity contribution is 0.104. The topological polar surface area (TPSA) is 89.5 Å². The Morgan fingerprint density at radius 3 is 2.30 bits per heavy atom. The van der Waals surface area contributed by atoms with Crippen LogP contribution in [0, 0.1) is 6.92 Å². The van der Waals surface area contributed by atoms with Crippen molar-refractivity contribution in [2.75, 3.05) is 17.2 Å². The Morgan fingerprint density at radius 2 is 1.70 bits per heavy atom. The van der Waals surface area contributed by atoms with Gasteiger partial charge in [-0.15, -0.1) is 0 Å². The van der Waals surface area contributed by atoms with Gasteiger partial charge in [0.15, 0.2) is 0 Å². The number of nitrogens with zero attached hydrogens (tertiary/aromatic N) is 1. The summed E-state index contributed by atoms with van der Waals surface area (Å²) in [6, 6.07) is 9.51. The number of carbonyl (C=O) groups is 2. The maximum absolute atomic E-state index is 11.9. The molecule has 0 unspecified atom stereocenters. The summed E-state index contributed by atoms with van der Waals surface area (Å²) in [5, 5.41) is 5.32. The molecule has 2 N–H and O–H groups in total. The summed E-state index contributed by atoms with van der Waals surface area (Å²) in [6.07, 6.45) is 0.809. The van der Waals surface area contributed by atoms with E-state index in [4.69, 9.17) is 4.74 Å². The number of aryl methyl sites for hydroxylation is 1. The number of urea groups is 1. The van der Waals surface area contributed by atoms with Crippen molar-refractivity contribution < 1.29 is 19.1 Å². The van der Waals surface area contributed by atoms with Crippen LogP contribution in [0.15, 0.2) is 42.6 Å². The van der Waals surface area contributed by atoms with Gasteiger partial charge in [-0.1, -0.05) is 0 Å². The highest BCUT2D eigenvalue weighted by Gasteiger charge is 2.06. The molecule has 0 atom stereocenters. The van der Waals surface area contributed by atoms with Crippen molar-refractivity contribution in [1.82, 2.24) is 4.98 Å². The quantitative estimate of drug-likeness (QED) is 0.665. The van der Waals surface area contributed by atoms with Crippen LogP contribution >= 0.6 is 0 Å². The number of rotatable bonds is 4. The van der Waals surface area contributed by atoms with Crippen molar-refractivity contribution in [2.45, 2.75) is 13.8 Å². The van der Waals surface area contributed by atoms with Crippen LogP contribution in [0.1, 0.15) is 12.6 Å². The number of hydrogen-bond donors (Lipinski definition) is 2. The summed E-state index contributed by atoms with van der Waals surface area (Å²) in [7, 11) is 0. The van der Waals surface area contributed by atoms with Gasteiger partial charge < -0.3 is 20.1 Å². The number of aromatic nitrogens is 1. The first-order chi connectivity index (χ1) is 11.1. The lowest BCUT2D eigenvalue weighted by atomic mass is 10.3. The third kappa shape index (κ3) is 5.31. The molecule has 1 heterocycles. The van der Waals surface area contributed by atoms with E-state index >= 15 is 0 Å². The van der Waals surface area contributed by atoms with Crippen LogP contribution in [-0.2, 0) is 4.74 Å². The number of amides is 2. The van der Waals surface area contributed by atoms with Gasteiger partial charge in [-0.2, -0.15) is 0 Å². The molecule has 0 radical (unpaired) electrons. The lowest BCUT2D eigenvalue weighted by Gasteiger charge is -2.08. The second-order valence-corrected chi connectivity index (χ2v) is 4.58. The number of carbonyl (C=O) groups excluding carboxylic acids is 2. The minimum absolute atomic E-state index is 0.243. The van der Waals surface area contributed by atoms with E-state index in [2.05, 4.69) is 20.4 Å². The number of anilines is 2. The summed E-state index contributed by atoms with van der Waals surface area (Å²) < 4.78 is 9.59. The maximum atomic E-state index is 11.9. The van der Waals surface area contributed by atoms with Crippen molar-refractivity contribution in [2.24, 2.45) is 0 Å². The monoisotopic (exact) mass is 315 g/mol. The fourth-order valence-electron chi connectivity index (χ4n) is 1.69. The van der Waals surface area contributed by atoms with Crippen molar-refractivity contribution in [1.29, 1.82) is 0 Å². The van der Waals surface area contributed by atoms with Crippen molar-refractivity contribution in [3.63, 3.8) is 0 Å². The Hall–Kier alpha value is -3.09. The third-order valence-corrected chi connectivity index (χ3v) is 2.74. The van der Waals surface area contributed by atoms with Crippen LogP contribution in [0.4, 0.5) is 21.0 Å². The molecular weight excluding hydrogens is 298 g/mol. The molecule has 120 valence electrons. The molecule has 2 aromatic rings. The van der Waals surface area contributed by atoms with Crippen LogP contribution < -0.4 is 15.4 Å². The minimum Gasteiger partial charge on any atom is -0.434 e. The van der Waals surface area contributed by atoms with Gasteiger partial charge in [0.2, 0.25) is 0 Å². The van der Waals surface area contributed by atoms with E-state index in [-0.39, 0.29) is 6.61 Å². The first kappa shape index (κ1) is 16.3. The van der Waals surface area contributed by atoms with Gasteiger partial charge in [-0.25, -0.2) is 9.59 Å². The SMILES string of the molecule is CCOC(=O)Oc1ccc(NC(=O)Nc2ccc(C)nc2)cc1. The van der Waals surface area contributed by atoms with Crippen molar-refractivity contribution >= 4 is 23.6 Å². The van der Waals surface area contributed by atoms with Gasteiger partial charge in [-0.3, -0.25) is 4.98 Å². The van der Waals surface area contributed by atoms with Gasteiger partial charge in [-0.05, 0) is 50.2 Å². The molecule has 7 heteroatoms. The fourth-order valence-corrected chi connectivity index (χ4v) is 1.69. The Labute approximate surface area is 133 Å². The number of nitrogens with one attached hydrogen (secondary N) is 2. The molecule has 1 aromatic heterocycles. The van der Waals surface area contributed by atoms with Gasteiger partial charge in [0.1, 0.15) is 5.75 Å². The highest BCUT2D eigenvalue weighted by Crippen LogP contribution is 2.16. The zero-order valence-electron chi connectivity index (χ0n) is 12.8. The van der Waals surface area contributed by atoms with E-state index in [1.165, 1.54) is 0 Å². The summed E-state index contributed by atoms with van der Waals surface area (Å²) in [5.74, 6) is 0.331. The Bertz CT molecular complexity index is 669. The van der Waals surface area contributed by atoms with Gasteiger partial charge >= 0.3 is 12.2 Å². The summed E-state index contributed by atoms with van der Waals surface area (Å²) in [5.41, 5.74) is 2.02. The van der Waals surface area contributed by atoms with E-state index in [0.29, 0.717) is 17.1 Å². The van der Waals surface area contributed by atoms with Gasteiger partial charge in [0.05, 0.1) is 18.5 Å². The average Bonchev–Trinajstić information content (AvgIpc) is 2.52. The van der Waals surface area contributed by atoms with E-state index in [9.17, 15) is 9.59 Å². The highest BCUT2D eigenvalue weighted by molar-refractivity contribution is 5.99. The molecule has 0 bridgehead atoms. The molecule has 2 rings (SSSR count). The van der Waals surface area contributed by atoms with E-state index in [1.807, 2.05) is 6.92 Å². The lowest BCUT2D eigenvalue weighted by Crippen LogP contribution is -2.19. The number of benzene rings is 1.